The van der Waals surface area contributed by atoms with Crippen LogP contribution in [-0.2, 0) is 13.2 Å². The van der Waals surface area contributed by atoms with Crippen LogP contribution < -0.4 is 10.1 Å². The quantitative estimate of drug-likeness (QED) is 0.276. The van der Waals surface area contributed by atoms with E-state index in [2.05, 4.69) is 10.4 Å². The van der Waals surface area contributed by atoms with Gasteiger partial charge in [-0.1, -0.05) is 70.7 Å². The van der Waals surface area contributed by atoms with E-state index in [4.69, 9.17) is 51.1 Å². The monoisotopic (exact) mass is 519 g/mol. The highest BCUT2D eigenvalue weighted by Crippen LogP contribution is 2.36. The smallest absolute Gasteiger partial charge is 0.256 e. The van der Waals surface area contributed by atoms with Crippen LogP contribution in [0.2, 0.25) is 20.1 Å². The number of nitrogens with zero attached hydrogens (tertiary/aromatic N) is 2. The lowest BCUT2D eigenvalue weighted by atomic mass is 10.1. The summed E-state index contributed by atoms with van der Waals surface area (Å²) in [5.74, 6) is 0.499. The van der Waals surface area contributed by atoms with Gasteiger partial charge in [-0.05, 0) is 47.5 Å². The second-order valence-electron chi connectivity index (χ2n) is 7.17. The largest absolute Gasteiger partial charge is 0.486 e. The Morgan fingerprint density at radius 1 is 0.879 bits per heavy atom. The Labute approximate surface area is 210 Å². The maximum atomic E-state index is 12.7. The molecular formula is C24H17Cl4N3O2. The average Bonchev–Trinajstić information content (AvgIpc) is 3.19. The van der Waals surface area contributed by atoms with Crippen LogP contribution in [0.15, 0.2) is 72.9 Å². The first kappa shape index (κ1) is 23.5. The molecule has 1 N–H and O–H groups in total. The molecule has 0 aliphatic heterocycles. The summed E-state index contributed by atoms with van der Waals surface area (Å²) in [5, 5.41) is 8.92. The van der Waals surface area contributed by atoms with E-state index in [1.807, 2.05) is 30.3 Å². The Morgan fingerprint density at radius 2 is 1.61 bits per heavy atom. The van der Waals surface area contributed by atoms with Crippen LogP contribution in [0.1, 0.15) is 21.5 Å². The molecule has 4 rings (SSSR count). The number of carbonyl (C=O) groups excluding carboxylic acids is 1. The van der Waals surface area contributed by atoms with Crippen LogP contribution in [-0.4, -0.2) is 15.7 Å². The molecule has 0 saturated heterocycles. The van der Waals surface area contributed by atoms with E-state index in [0.717, 1.165) is 11.1 Å². The summed E-state index contributed by atoms with van der Waals surface area (Å²) in [4.78, 5) is 12.7. The van der Waals surface area contributed by atoms with Crippen LogP contribution in [0, 0.1) is 0 Å². The minimum absolute atomic E-state index is 0.177. The van der Waals surface area contributed by atoms with Crippen molar-refractivity contribution in [1.82, 2.24) is 9.78 Å². The molecule has 1 amide bonds. The minimum Gasteiger partial charge on any atom is -0.486 e. The van der Waals surface area contributed by atoms with Gasteiger partial charge in [0.25, 0.3) is 5.91 Å². The Morgan fingerprint density at radius 3 is 2.36 bits per heavy atom. The summed E-state index contributed by atoms with van der Waals surface area (Å²) in [6.45, 7) is 0.718. The van der Waals surface area contributed by atoms with Crippen molar-refractivity contribution in [2.45, 2.75) is 13.2 Å². The third kappa shape index (κ3) is 6.21. The zero-order valence-electron chi connectivity index (χ0n) is 17.1. The van der Waals surface area contributed by atoms with Crippen molar-refractivity contribution >= 4 is 58.1 Å². The average molecular weight is 521 g/mol. The van der Waals surface area contributed by atoms with Crippen molar-refractivity contribution in [3.05, 3.63) is 110 Å². The molecule has 0 aliphatic rings. The van der Waals surface area contributed by atoms with Crippen molar-refractivity contribution in [2.75, 3.05) is 5.32 Å². The number of halogens is 4. The predicted octanol–water partition coefficient (Wildman–Crippen LogP) is 7.38. The molecule has 0 unspecified atom stereocenters. The van der Waals surface area contributed by atoms with Gasteiger partial charge >= 0.3 is 0 Å². The van der Waals surface area contributed by atoms with Crippen molar-refractivity contribution < 1.29 is 9.53 Å². The Bertz CT molecular complexity index is 1280. The number of aromatic nitrogens is 2. The first-order valence-corrected chi connectivity index (χ1v) is 11.3. The molecule has 0 spiro atoms. The van der Waals surface area contributed by atoms with E-state index < -0.39 is 0 Å². The highest BCUT2D eigenvalue weighted by Gasteiger charge is 2.12. The topological polar surface area (TPSA) is 56.2 Å². The molecule has 168 valence electrons. The van der Waals surface area contributed by atoms with E-state index in [0.29, 0.717) is 43.8 Å². The third-order valence-electron chi connectivity index (χ3n) is 4.65. The molecule has 0 aliphatic carbocycles. The van der Waals surface area contributed by atoms with Gasteiger partial charge < -0.3 is 10.1 Å². The molecule has 33 heavy (non-hydrogen) atoms. The standard InChI is InChI=1S/C24H17Cl4N3O2/c25-18-6-2-3-15(10-18)13-31-8-7-22(30-31)29-24(32)17-5-1-4-16(9-17)14-33-23-20(27)11-19(26)12-21(23)28/h1-12H,13-14H2,(H,29,30,32). The van der Waals surface area contributed by atoms with Crippen molar-refractivity contribution in [3.8, 4) is 5.75 Å². The van der Waals surface area contributed by atoms with Crippen LogP contribution in [0.3, 0.4) is 0 Å². The minimum atomic E-state index is -0.285. The summed E-state index contributed by atoms with van der Waals surface area (Å²) in [6.07, 6.45) is 1.79. The van der Waals surface area contributed by atoms with Gasteiger partial charge in [-0.15, -0.1) is 0 Å². The molecule has 9 heteroatoms. The van der Waals surface area contributed by atoms with Crippen molar-refractivity contribution in [3.63, 3.8) is 0 Å². The van der Waals surface area contributed by atoms with Crippen LogP contribution in [0.5, 0.6) is 5.75 Å². The van der Waals surface area contributed by atoms with Crippen molar-refractivity contribution in [1.29, 1.82) is 0 Å². The van der Waals surface area contributed by atoms with Gasteiger partial charge in [0.15, 0.2) is 11.6 Å². The molecular weight excluding hydrogens is 504 g/mol. The maximum absolute atomic E-state index is 12.7. The zero-order chi connectivity index (χ0) is 23.4. The summed E-state index contributed by atoms with van der Waals surface area (Å²) in [6, 6.07) is 19.4. The summed E-state index contributed by atoms with van der Waals surface area (Å²) in [7, 11) is 0. The number of anilines is 1. The van der Waals surface area contributed by atoms with Crippen molar-refractivity contribution in [2.24, 2.45) is 0 Å². The van der Waals surface area contributed by atoms with E-state index in [-0.39, 0.29) is 12.5 Å². The number of ether oxygens (including phenoxy) is 1. The van der Waals surface area contributed by atoms with Gasteiger partial charge in [0, 0.05) is 27.9 Å². The first-order chi connectivity index (χ1) is 15.9. The SMILES string of the molecule is O=C(Nc1ccn(Cc2cccc(Cl)c2)n1)c1cccc(COc2c(Cl)cc(Cl)cc2Cl)c1. The number of rotatable bonds is 7. The summed E-state index contributed by atoms with van der Waals surface area (Å²) in [5.41, 5.74) is 2.25. The molecule has 0 radical (unpaired) electrons. The highest BCUT2D eigenvalue weighted by atomic mass is 35.5. The van der Waals surface area contributed by atoms with E-state index >= 15 is 0 Å². The lowest BCUT2D eigenvalue weighted by Crippen LogP contribution is -2.13. The molecule has 0 atom stereocenters. The second kappa shape index (κ2) is 10.5. The van der Waals surface area contributed by atoms with E-state index in [1.165, 1.54) is 0 Å². The molecule has 1 heterocycles. The van der Waals surface area contributed by atoms with Gasteiger partial charge in [0.2, 0.25) is 0 Å². The van der Waals surface area contributed by atoms with Gasteiger partial charge in [0.05, 0.1) is 16.6 Å². The lowest BCUT2D eigenvalue weighted by Gasteiger charge is -2.11. The number of amides is 1. The van der Waals surface area contributed by atoms with Gasteiger partial charge in [-0.2, -0.15) is 5.10 Å². The number of hydrogen-bond acceptors (Lipinski definition) is 3. The highest BCUT2D eigenvalue weighted by molar-refractivity contribution is 6.40. The van der Waals surface area contributed by atoms with E-state index in [1.54, 1.807) is 47.3 Å². The Kier molecular flexibility index (Phi) is 7.46. The lowest BCUT2D eigenvalue weighted by molar-refractivity contribution is 0.102. The molecule has 4 aromatic rings. The number of benzene rings is 3. The van der Waals surface area contributed by atoms with E-state index in [9.17, 15) is 4.79 Å². The van der Waals surface area contributed by atoms with Crippen LogP contribution in [0.25, 0.3) is 0 Å². The van der Waals surface area contributed by atoms with Gasteiger partial charge in [0.1, 0.15) is 6.61 Å². The fourth-order valence-corrected chi connectivity index (χ4v) is 4.29. The molecule has 1 aromatic heterocycles. The zero-order valence-corrected chi connectivity index (χ0v) is 20.1. The normalized spacial score (nSPS) is 10.8. The van der Waals surface area contributed by atoms with Gasteiger partial charge in [-0.25, -0.2) is 0 Å². The molecule has 0 saturated carbocycles. The Balaban J connectivity index is 1.39. The predicted molar refractivity (Wildman–Crippen MR) is 133 cm³/mol. The van der Waals surface area contributed by atoms with Gasteiger partial charge in [-0.3, -0.25) is 9.48 Å². The first-order valence-electron chi connectivity index (χ1n) is 9.83. The molecule has 0 fully saturated rings. The number of nitrogens with one attached hydrogen (secondary N) is 1. The van der Waals surface area contributed by atoms with Crippen LogP contribution in [0.4, 0.5) is 5.82 Å². The molecule has 5 nitrogen and oxygen atoms in total. The fourth-order valence-electron chi connectivity index (χ4n) is 3.15. The van der Waals surface area contributed by atoms with Crippen LogP contribution >= 0.6 is 46.4 Å². The summed E-state index contributed by atoms with van der Waals surface area (Å²) < 4.78 is 7.48. The molecule has 0 bridgehead atoms. The third-order valence-corrected chi connectivity index (χ3v) is 5.67. The number of carbonyl (C=O) groups is 1. The fraction of sp³-hybridized carbons (Fsp3) is 0.0833. The Hall–Kier alpha value is -2.70. The second-order valence-corrected chi connectivity index (χ2v) is 8.86. The summed E-state index contributed by atoms with van der Waals surface area (Å²) >= 11 is 24.3. The maximum Gasteiger partial charge on any atom is 0.256 e. The number of hydrogen-bond donors (Lipinski definition) is 1. The molecule has 3 aromatic carbocycles.